The Balaban J connectivity index is 1.87. The second-order valence-electron chi connectivity index (χ2n) is 6.19. The maximum Gasteiger partial charge on any atom is 0.269 e. The molecule has 1 N–H and O–H groups in total. The first-order chi connectivity index (χ1) is 13.9. The van der Waals surface area contributed by atoms with Gasteiger partial charge in [0.15, 0.2) is 0 Å². The minimum Gasteiger partial charge on any atom is -0.348 e. The zero-order valence-electron chi connectivity index (χ0n) is 15.1. The van der Waals surface area contributed by atoms with Crippen LogP contribution in [0.15, 0.2) is 72.8 Å². The number of rotatable bonds is 6. The van der Waals surface area contributed by atoms with Crippen LogP contribution in [0.2, 0.25) is 10.0 Å². The van der Waals surface area contributed by atoms with Crippen molar-refractivity contribution in [1.82, 2.24) is 5.32 Å². The van der Waals surface area contributed by atoms with Gasteiger partial charge in [-0.25, -0.2) is 0 Å². The highest BCUT2D eigenvalue weighted by atomic mass is 35.5. The standard InChI is InChI=1S/C22H16Cl2N2O3/c23-18-9-8-17(21(24)13-18)14-25-22(27)20(16-4-2-1-3-5-16)12-15-6-10-19(11-7-15)26(28)29/h1-13H,14H2,(H,25,27)/b20-12+. The highest BCUT2D eigenvalue weighted by molar-refractivity contribution is 6.35. The molecule has 0 unspecified atom stereocenters. The van der Waals surface area contributed by atoms with Gasteiger partial charge >= 0.3 is 0 Å². The number of carbonyl (C=O) groups is 1. The first kappa shape index (κ1) is 20.6. The van der Waals surface area contributed by atoms with Gasteiger partial charge in [-0.2, -0.15) is 0 Å². The first-order valence-electron chi connectivity index (χ1n) is 8.68. The van der Waals surface area contributed by atoms with Crippen LogP contribution in [0, 0.1) is 10.1 Å². The fraction of sp³-hybridized carbons (Fsp3) is 0.0455. The zero-order valence-corrected chi connectivity index (χ0v) is 16.7. The second kappa shape index (κ2) is 9.37. The molecule has 0 aliphatic rings. The van der Waals surface area contributed by atoms with Gasteiger partial charge in [-0.05, 0) is 47.0 Å². The normalized spacial score (nSPS) is 11.2. The molecule has 0 saturated heterocycles. The van der Waals surface area contributed by atoms with Gasteiger partial charge in [0.05, 0.1) is 4.92 Å². The smallest absolute Gasteiger partial charge is 0.269 e. The van der Waals surface area contributed by atoms with Crippen molar-refractivity contribution in [1.29, 1.82) is 0 Å². The van der Waals surface area contributed by atoms with Crippen molar-refractivity contribution >= 4 is 46.4 Å². The second-order valence-corrected chi connectivity index (χ2v) is 7.03. The Morgan fingerprint density at radius 1 is 1.00 bits per heavy atom. The van der Waals surface area contributed by atoms with Gasteiger partial charge in [0, 0.05) is 34.3 Å². The molecule has 1 amide bonds. The number of amides is 1. The maximum absolute atomic E-state index is 12.9. The number of non-ortho nitro benzene ring substituents is 1. The van der Waals surface area contributed by atoms with Crippen LogP contribution in [0.4, 0.5) is 5.69 Å². The summed E-state index contributed by atoms with van der Waals surface area (Å²) in [6.45, 7) is 0.235. The van der Waals surface area contributed by atoms with E-state index in [1.165, 1.54) is 12.1 Å². The molecule has 29 heavy (non-hydrogen) atoms. The molecule has 7 heteroatoms. The summed E-state index contributed by atoms with van der Waals surface area (Å²) in [6.07, 6.45) is 1.69. The summed E-state index contributed by atoms with van der Waals surface area (Å²) in [4.78, 5) is 23.3. The summed E-state index contributed by atoms with van der Waals surface area (Å²) in [7, 11) is 0. The quantitative estimate of drug-likeness (QED) is 0.235. The number of carbonyl (C=O) groups excluding carboxylic acids is 1. The van der Waals surface area contributed by atoms with Crippen molar-refractivity contribution in [2.75, 3.05) is 0 Å². The van der Waals surface area contributed by atoms with Gasteiger partial charge in [-0.15, -0.1) is 0 Å². The Hall–Kier alpha value is -3.15. The van der Waals surface area contributed by atoms with Crippen LogP contribution in [0.3, 0.4) is 0 Å². The molecule has 0 atom stereocenters. The van der Waals surface area contributed by atoms with E-state index in [0.717, 1.165) is 11.1 Å². The van der Waals surface area contributed by atoms with Crippen LogP contribution in [0.5, 0.6) is 0 Å². The molecule has 0 aliphatic heterocycles. The third-order valence-electron chi connectivity index (χ3n) is 4.20. The van der Waals surface area contributed by atoms with E-state index >= 15 is 0 Å². The summed E-state index contributed by atoms with van der Waals surface area (Å²) in [6, 6.07) is 20.3. The van der Waals surface area contributed by atoms with Crippen LogP contribution >= 0.6 is 23.2 Å². The number of halogens is 2. The number of hydrogen-bond donors (Lipinski definition) is 1. The number of nitrogens with one attached hydrogen (secondary N) is 1. The maximum atomic E-state index is 12.9. The molecule has 0 aliphatic carbocycles. The largest absolute Gasteiger partial charge is 0.348 e. The van der Waals surface area contributed by atoms with Crippen LogP contribution in [-0.2, 0) is 11.3 Å². The number of nitrogens with zero attached hydrogens (tertiary/aromatic N) is 1. The summed E-state index contributed by atoms with van der Waals surface area (Å²) in [5.74, 6) is -0.291. The van der Waals surface area contributed by atoms with E-state index in [2.05, 4.69) is 5.32 Å². The minimum absolute atomic E-state index is 0.00903. The zero-order chi connectivity index (χ0) is 20.8. The van der Waals surface area contributed by atoms with E-state index in [9.17, 15) is 14.9 Å². The SMILES string of the molecule is O=C(NCc1ccc(Cl)cc1Cl)/C(=C/c1ccc([N+](=O)[O-])cc1)c1ccccc1. The van der Waals surface area contributed by atoms with Gasteiger partial charge in [-0.3, -0.25) is 14.9 Å². The van der Waals surface area contributed by atoms with Gasteiger partial charge in [0.25, 0.3) is 11.6 Å². The Bertz CT molecular complexity index is 1070. The summed E-state index contributed by atoms with van der Waals surface area (Å²) in [5.41, 5.74) is 2.57. The Morgan fingerprint density at radius 2 is 1.69 bits per heavy atom. The van der Waals surface area contributed by atoms with Crippen molar-refractivity contribution in [3.63, 3.8) is 0 Å². The lowest BCUT2D eigenvalue weighted by Crippen LogP contribution is -2.24. The monoisotopic (exact) mass is 426 g/mol. The highest BCUT2D eigenvalue weighted by Crippen LogP contribution is 2.23. The summed E-state index contributed by atoms with van der Waals surface area (Å²) in [5, 5.41) is 14.7. The lowest BCUT2D eigenvalue weighted by Gasteiger charge is -2.11. The Morgan fingerprint density at radius 3 is 2.31 bits per heavy atom. The Labute approximate surface area is 177 Å². The summed E-state index contributed by atoms with van der Waals surface area (Å²) < 4.78 is 0. The highest BCUT2D eigenvalue weighted by Gasteiger charge is 2.13. The van der Waals surface area contributed by atoms with Crippen molar-refractivity contribution in [3.05, 3.63) is 110 Å². The molecule has 5 nitrogen and oxygen atoms in total. The molecule has 0 spiro atoms. The molecule has 3 rings (SSSR count). The lowest BCUT2D eigenvalue weighted by atomic mass is 10.0. The van der Waals surface area contributed by atoms with E-state index in [1.807, 2.05) is 30.3 Å². The van der Waals surface area contributed by atoms with Gasteiger partial charge in [0.2, 0.25) is 0 Å². The van der Waals surface area contributed by atoms with Crippen molar-refractivity contribution < 1.29 is 9.72 Å². The van der Waals surface area contributed by atoms with E-state index in [1.54, 1.807) is 36.4 Å². The molecule has 0 fully saturated rings. The average Bonchev–Trinajstić information content (AvgIpc) is 2.72. The predicted octanol–water partition coefficient (Wildman–Crippen LogP) is 5.76. The van der Waals surface area contributed by atoms with E-state index in [0.29, 0.717) is 21.2 Å². The molecular formula is C22H16Cl2N2O3. The van der Waals surface area contributed by atoms with Crippen LogP contribution < -0.4 is 5.32 Å². The molecule has 0 aromatic heterocycles. The van der Waals surface area contributed by atoms with E-state index in [4.69, 9.17) is 23.2 Å². The molecule has 3 aromatic rings. The number of benzene rings is 3. The van der Waals surface area contributed by atoms with Crippen molar-refractivity contribution in [2.24, 2.45) is 0 Å². The summed E-state index contributed by atoms with van der Waals surface area (Å²) >= 11 is 12.1. The van der Waals surface area contributed by atoms with Gasteiger partial charge in [0.1, 0.15) is 0 Å². The number of nitro benzene ring substituents is 1. The third kappa shape index (κ3) is 5.44. The Kier molecular flexibility index (Phi) is 6.65. The van der Waals surface area contributed by atoms with E-state index < -0.39 is 4.92 Å². The van der Waals surface area contributed by atoms with Crippen LogP contribution in [-0.4, -0.2) is 10.8 Å². The topological polar surface area (TPSA) is 72.2 Å². The molecule has 0 heterocycles. The number of hydrogen-bond acceptors (Lipinski definition) is 3. The molecule has 0 saturated carbocycles. The van der Waals surface area contributed by atoms with Crippen LogP contribution in [0.25, 0.3) is 11.6 Å². The minimum atomic E-state index is -0.464. The molecule has 0 radical (unpaired) electrons. The molecule has 0 bridgehead atoms. The first-order valence-corrected chi connectivity index (χ1v) is 9.43. The fourth-order valence-corrected chi connectivity index (χ4v) is 3.17. The molecule has 3 aromatic carbocycles. The van der Waals surface area contributed by atoms with Gasteiger partial charge in [-0.1, -0.05) is 59.6 Å². The predicted molar refractivity (Wildman–Crippen MR) is 116 cm³/mol. The lowest BCUT2D eigenvalue weighted by molar-refractivity contribution is -0.384. The molecule has 146 valence electrons. The fourth-order valence-electron chi connectivity index (χ4n) is 2.69. The number of nitro groups is 1. The third-order valence-corrected chi connectivity index (χ3v) is 4.79. The van der Waals surface area contributed by atoms with Crippen molar-refractivity contribution in [2.45, 2.75) is 6.54 Å². The van der Waals surface area contributed by atoms with E-state index in [-0.39, 0.29) is 18.1 Å². The van der Waals surface area contributed by atoms with Crippen molar-refractivity contribution in [3.8, 4) is 0 Å². The van der Waals surface area contributed by atoms with Gasteiger partial charge < -0.3 is 5.32 Å². The molecular weight excluding hydrogens is 411 g/mol. The average molecular weight is 427 g/mol. The van der Waals surface area contributed by atoms with Crippen LogP contribution in [0.1, 0.15) is 16.7 Å².